The smallest absolute Gasteiger partial charge is 0.147 e. The van der Waals surface area contributed by atoms with Gasteiger partial charge in [-0.15, -0.1) is 0 Å². The first-order chi connectivity index (χ1) is 6.00. The first-order valence-electron chi connectivity index (χ1n) is 3.66. The van der Waals surface area contributed by atoms with Crippen LogP contribution in [0.5, 0.6) is 0 Å². The van der Waals surface area contributed by atoms with Crippen molar-refractivity contribution in [1.29, 1.82) is 0 Å². The second kappa shape index (κ2) is 6.63. The van der Waals surface area contributed by atoms with Crippen molar-refractivity contribution in [3.8, 4) is 0 Å². The molecule has 0 spiro atoms. The van der Waals surface area contributed by atoms with Crippen molar-refractivity contribution in [1.82, 2.24) is 0 Å². The maximum absolute atomic E-state index is 4.94. The van der Waals surface area contributed by atoms with E-state index in [-0.39, 0.29) is 0 Å². The molecule has 0 bridgehead atoms. The topological polar surface area (TPSA) is 49.3 Å². The average Bonchev–Trinajstić information content (AvgIpc) is 2.24. The molecule has 0 amide bonds. The van der Waals surface area contributed by atoms with Crippen LogP contribution in [-0.2, 0) is 19.3 Å². The highest BCUT2D eigenvalue weighted by Gasteiger charge is 1.94. The van der Waals surface area contributed by atoms with Gasteiger partial charge in [0.25, 0.3) is 0 Å². The minimum absolute atomic E-state index is 0.778. The van der Waals surface area contributed by atoms with E-state index >= 15 is 0 Å². The van der Waals surface area contributed by atoms with Gasteiger partial charge in [0.1, 0.15) is 6.26 Å². The normalized spacial score (nSPS) is 20.0. The largest absolute Gasteiger partial charge is 0.377 e. The van der Waals surface area contributed by atoms with E-state index in [1.165, 1.54) is 12.5 Å². The molecule has 0 saturated carbocycles. The van der Waals surface area contributed by atoms with Gasteiger partial charge < -0.3 is 9.47 Å². The Hall–Kier alpha value is -1.07. The van der Waals surface area contributed by atoms with Crippen molar-refractivity contribution in [3.05, 3.63) is 12.3 Å². The van der Waals surface area contributed by atoms with E-state index in [1.807, 2.05) is 0 Å². The Kier molecular flexibility index (Phi) is 4.98. The highest BCUT2D eigenvalue weighted by atomic mass is 17.3. The Balaban J connectivity index is 0.000000120. The molecule has 0 aromatic rings. The van der Waals surface area contributed by atoms with E-state index in [1.54, 1.807) is 6.08 Å². The minimum Gasteiger partial charge on any atom is -0.377 e. The van der Waals surface area contributed by atoms with Gasteiger partial charge in [0.15, 0.2) is 0 Å². The van der Waals surface area contributed by atoms with E-state index in [4.69, 9.17) is 9.47 Å². The van der Waals surface area contributed by atoms with Crippen LogP contribution in [-0.4, -0.2) is 32.6 Å². The lowest BCUT2D eigenvalue weighted by Crippen LogP contribution is -2.16. The van der Waals surface area contributed by atoms with Crippen LogP contribution >= 0.6 is 0 Å². The fourth-order valence-corrected chi connectivity index (χ4v) is 0.617. The molecule has 0 aromatic carbocycles. The van der Waals surface area contributed by atoms with Crippen LogP contribution < -0.4 is 0 Å². The van der Waals surface area contributed by atoms with Gasteiger partial charge >= 0.3 is 0 Å². The first kappa shape index (κ1) is 9.02. The van der Waals surface area contributed by atoms with Crippen LogP contribution in [0.15, 0.2) is 17.5 Å². The number of hydrogen-bond donors (Lipinski definition) is 0. The Bertz CT molecular complexity index is 130. The molecule has 1 fully saturated rings. The molecule has 2 heterocycles. The standard InChI is InChI=1S/C4H8O2.C3H3NO2/c1-2-6-4-3-5-1;1-2-4-6-5-3-1/h1-4H2;1-3H. The third-order valence-corrected chi connectivity index (χ3v) is 1.11. The monoisotopic (exact) mass is 173 g/mol. The number of rotatable bonds is 0. The summed E-state index contributed by atoms with van der Waals surface area (Å²) in [6, 6.07) is 0. The molecule has 1 saturated heterocycles. The van der Waals surface area contributed by atoms with E-state index in [2.05, 4.69) is 15.0 Å². The zero-order valence-electron chi connectivity index (χ0n) is 6.64. The number of oxime groups is 1. The van der Waals surface area contributed by atoms with Crippen LogP contribution in [0.25, 0.3) is 0 Å². The van der Waals surface area contributed by atoms with Crippen molar-refractivity contribution in [2.45, 2.75) is 0 Å². The molecule has 12 heavy (non-hydrogen) atoms. The van der Waals surface area contributed by atoms with Crippen molar-refractivity contribution >= 4 is 6.21 Å². The maximum Gasteiger partial charge on any atom is 0.147 e. The molecule has 0 N–H and O–H groups in total. The zero-order chi connectivity index (χ0) is 8.49. The maximum atomic E-state index is 4.94. The second-order valence-corrected chi connectivity index (χ2v) is 1.98. The van der Waals surface area contributed by atoms with Crippen molar-refractivity contribution < 1.29 is 19.3 Å². The molecule has 2 rings (SSSR count). The van der Waals surface area contributed by atoms with Crippen molar-refractivity contribution in [2.75, 3.05) is 26.4 Å². The summed E-state index contributed by atoms with van der Waals surface area (Å²) >= 11 is 0. The first-order valence-corrected chi connectivity index (χ1v) is 3.66. The van der Waals surface area contributed by atoms with Gasteiger partial charge in [0.2, 0.25) is 0 Å². The summed E-state index contributed by atoms with van der Waals surface area (Å²) < 4.78 is 9.89. The lowest BCUT2D eigenvalue weighted by atomic mass is 10.6. The molecule has 2 aliphatic heterocycles. The van der Waals surface area contributed by atoms with Gasteiger partial charge in [-0.05, 0) is 11.2 Å². The van der Waals surface area contributed by atoms with E-state index < -0.39 is 0 Å². The molecular weight excluding hydrogens is 162 g/mol. The van der Waals surface area contributed by atoms with Crippen LogP contribution in [0.2, 0.25) is 0 Å². The molecule has 0 unspecified atom stereocenters. The third kappa shape index (κ3) is 4.70. The fraction of sp³-hybridized carbons (Fsp3) is 0.571. The predicted molar refractivity (Wildman–Crippen MR) is 41.4 cm³/mol. The van der Waals surface area contributed by atoms with Crippen molar-refractivity contribution in [2.24, 2.45) is 5.16 Å². The Morgan fingerprint density at radius 1 is 1.00 bits per heavy atom. The fourth-order valence-electron chi connectivity index (χ4n) is 0.617. The molecule has 0 aromatic heterocycles. The Labute approximate surface area is 70.5 Å². The average molecular weight is 173 g/mol. The third-order valence-electron chi connectivity index (χ3n) is 1.11. The van der Waals surface area contributed by atoms with Gasteiger partial charge in [-0.25, -0.2) is 0 Å². The van der Waals surface area contributed by atoms with E-state index in [9.17, 15) is 0 Å². The van der Waals surface area contributed by atoms with Crippen LogP contribution in [0, 0.1) is 0 Å². The lowest BCUT2D eigenvalue weighted by molar-refractivity contribution is -0.251. The predicted octanol–water partition coefficient (Wildman–Crippen LogP) is 0.481. The van der Waals surface area contributed by atoms with Crippen LogP contribution in [0.4, 0.5) is 0 Å². The summed E-state index contributed by atoms with van der Waals surface area (Å²) in [5.41, 5.74) is 0. The quantitative estimate of drug-likeness (QED) is 0.500. The summed E-state index contributed by atoms with van der Waals surface area (Å²) in [6.07, 6.45) is 4.51. The van der Waals surface area contributed by atoms with E-state index in [0.717, 1.165) is 26.4 Å². The molecule has 0 atom stereocenters. The summed E-state index contributed by atoms with van der Waals surface area (Å²) in [5, 5.41) is 3.24. The molecule has 5 heteroatoms. The van der Waals surface area contributed by atoms with Gasteiger partial charge in [-0.1, -0.05) is 0 Å². The van der Waals surface area contributed by atoms with Crippen LogP contribution in [0.1, 0.15) is 0 Å². The molecule has 2 aliphatic rings. The minimum atomic E-state index is 0.778. The summed E-state index contributed by atoms with van der Waals surface area (Å²) in [7, 11) is 0. The Morgan fingerprint density at radius 3 is 1.83 bits per heavy atom. The molecular formula is C7H11NO4. The van der Waals surface area contributed by atoms with Gasteiger partial charge in [-0.3, -0.25) is 4.89 Å². The van der Waals surface area contributed by atoms with Gasteiger partial charge in [-0.2, -0.15) is 4.99 Å². The van der Waals surface area contributed by atoms with Gasteiger partial charge in [0.05, 0.1) is 32.6 Å². The molecule has 68 valence electrons. The summed E-state index contributed by atoms with van der Waals surface area (Å²) in [4.78, 5) is 8.24. The van der Waals surface area contributed by atoms with E-state index in [0.29, 0.717) is 0 Å². The number of hydrogen-bond acceptors (Lipinski definition) is 5. The SMILES string of the molecule is C1=COON=C1.C1COCCO1. The van der Waals surface area contributed by atoms with Crippen LogP contribution in [0.3, 0.4) is 0 Å². The lowest BCUT2D eigenvalue weighted by Gasteiger charge is -2.09. The highest BCUT2D eigenvalue weighted by Crippen LogP contribution is 1.85. The summed E-state index contributed by atoms with van der Waals surface area (Å²) in [6.45, 7) is 3.11. The highest BCUT2D eigenvalue weighted by molar-refractivity contribution is 5.70. The number of ether oxygens (including phenoxy) is 2. The summed E-state index contributed by atoms with van der Waals surface area (Å²) in [5.74, 6) is 0. The zero-order valence-corrected chi connectivity index (χ0v) is 6.64. The molecule has 5 nitrogen and oxygen atoms in total. The van der Waals surface area contributed by atoms with Gasteiger partial charge in [0, 0.05) is 0 Å². The van der Waals surface area contributed by atoms with Crippen molar-refractivity contribution in [3.63, 3.8) is 0 Å². The number of nitrogens with zero attached hydrogens (tertiary/aromatic N) is 1. The molecule has 0 aliphatic carbocycles. The number of allylic oxidation sites excluding steroid dienone is 1. The Morgan fingerprint density at radius 2 is 1.67 bits per heavy atom. The molecule has 0 radical (unpaired) electrons. The second-order valence-electron chi connectivity index (χ2n) is 1.98.